The van der Waals surface area contributed by atoms with E-state index in [1.165, 1.54) is 9.71 Å². The van der Waals surface area contributed by atoms with Crippen molar-refractivity contribution < 1.29 is 13.2 Å². The van der Waals surface area contributed by atoms with Gasteiger partial charge in [0.25, 0.3) is 0 Å². The number of sulfonamides is 1. The molecule has 1 aromatic carbocycles. The third-order valence-corrected chi connectivity index (χ3v) is 5.81. The molecule has 0 atom stereocenters. The van der Waals surface area contributed by atoms with Crippen molar-refractivity contribution in [2.45, 2.75) is 19.8 Å². The van der Waals surface area contributed by atoms with Crippen LogP contribution in [-0.4, -0.2) is 50.2 Å². The first-order valence-electron chi connectivity index (χ1n) is 7.92. The molecule has 1 heterocycles. The summed E-state index contributed by atoms with van der Waals surface area (Å²) < 4.78 is 26.2. The summed E-state index contributed by atoms with van der Waals surface area (Å²) in [5, 5.41) is 1.25. The molecule has 1 amide bonds. The average Bonchev–Trinajstić information content (AvgIpc) is 2.59. The molecule has 0 N–H and O–H groups in total. The molecule has 1 aliphatic heterocycles. The van der Waals surface area contributed by atoms with Crippen molar-refractivity contribution in [1.29, 1.82) is 0 Å². The molecule has 23 heavy (non-hydrogen) atoms. The van der Waals surface area contributed by atoms with E-state index < -0.39 is 10.0 Å². The van der Waals surface area contributed by atoms with E-state index in [9.17, 15) is 13.2 Å². The third-order valence-electron chi connectivity index (χ3n) is 4.25. The van der Waals surface area contributed by atoms with Crippen molar-refractivity contribution in [2.24, 2.45) is 5.92 Å². The summed E-state index contributed by atoms with van der Waals surface area (Å²) in [5.74, 6) is 0.0499. The van der Waals surface area contributed by atoms with Gasteiger partial charge in [-0.05, 0) is 31.4 Å². The summed E-state index contributed by atoms with van der Waals surface area (Å²) in [6.45, 7) is 3.41. The molecule has 0 bridgehead atoms. The lowest BCUT2D eigenvalue weighted by Crippen LogP contribution is -2.42. The Hall–Kier alpha value is -1.66. The molecule has 1 saturated heterocycles. The van der Waals surface area contributed by atoms with Crippen molar-refractivity contribution >= 4 is 22.0 Å². The second-order valence-electron chi connectivity index (χ2n) is 5.78. The Balaban J connectivity index is 1.96. The first kappa shape index (κ1) is 17.7. The van der Waals surface area contributed by atoms with E-state index in [0.717, 1.165) is 5.56 Å². The maximum absolute atomic E-state index is 12.4. The maximum Gasteiger partial charge on any atom is 0.236 e. The monoisotopic (exact) mass is 336 g/mol. The molecule has 1 fully saturated rings. The van der Waals surface area contributed by atoms with Gasteiger partial charge in [-0.3, -0.25) is 4.79 Å². The number of hydrogen-bond donors (Lipinski definition) is 0. The minimum absolute atomic E-state index is 0.0653. The first-order valence-corrected chi connectivity index (χ1v) is 9.42. The van der Waals surface area contributed by atoms with Gasteiger partial charge < -0.3 is 4.90 Å². The number of amides is 1. The smallest absolute Gasteiger partial charge is 0.236 e. The number of rotatable bonds is 5. The zero-order valence-electron chi connectivity index (χ0n) is 13.7. The van der Waals surface area contributed by atoms with Gasteiger partial charge in [0.2, 0.25) is 15.9 Å². The highest BCUT2D eigenvalue weighted by Crippen LogP contribution is 2.22. The number of benzene rings is 1. The Morgan fingerprint density at radius 1 is 1.26 bits per heavy atom. The minimum atomic E-state index is -3.43. The van der Waals surface area contributed by atoms with Gasteiger partial charge in [0.05, 0.1) is 0 Å². The number of nitrogens with zero attached hydrogens (tertiary/aromatic N) is 2. The van der Waals surface area contributed by atoms with Gasteiger partial charge in [-0.15, -0.1) is 0 Å². The SMILES string of the molecule is CCN(C)C(=O)C1CCN(S(=O)(=O)/C=C/c2ccccc2)CC1. The third kappa shape index (κ3) is 4.65. The van der Waals surface area contributed by atoms with Crippen LogP contribution in [0.1, 0.15) is 25.3 Å². The van der Waals surface area contributed by atoms with E-state index in [-0.39, 0.29) is 11.8 Å². The van der Waals surface area contributed by atoms with E-state index in [1.54, 1.807) is 18.0 Å². The van der Waals surface area contributed by atoms with Crippen LogP contribution in [0.15, 0.2) is 35.7 Å². The molecule has 5 nitrogen and oxygen atoms in total. The zero-order chi connectivity index (χ0) is 16.9. The second kappa shape index (κ2) is 7.75. The highest BCUT2D eigenvalue weighted by molar-refractivity contribution is 7.92. The Labute approximate surface area is 138 Å². The molecule has 0 radical (unpaired) electrons. The molecular weight excluding hydrogens is 312 g/mol. The van der Waals surface area contributed by atoms with Crippen LogP contribution < -0.4 is 0 Å². The van der Waals surface area contributed by atoms with Crippen molar-refractivity contribution in [1.82, 2.24) is 9.21 Å². The molecule has 1 aromatic rings. The van der Waals surface area contributed by atoms with Gasteiger partial charge in [0, 0.05) is 38.0 Å². The lowest BCUT2D eigenvalue weighted by atomic mass is 9.97. The lowest BCUT2D eigenvalue weighted by Gasteiger charge is -2.31. The summed E-state index contributed by atoms with van der Waals surface area (Å²) in [4.78, 5) is 13.8. The molecule has 0 unspecified atom stereocenters. The van der Waals surface area contributed by atoms with Gasteiger partial charge in [0.15, 0.2) is 0 Å². The van der Waals surface area contributed by atoms with Crippen LogP contribution in [0.5, 0.6) is 0 Å². The molecule has 0 spiro atoms. The number of piperidine rings is 1. The molecule has 0 saturated carbocycles. The highest BCUT2D eigenvalue weighted by atomic mass is 32.2. The minimum Gasteiger partial charge on any atom is -0.346 e. The van der Waals surface area contributed by atoms with Gasteiger partial charge in [-0.2, -0.15) is 4.31 Å². The standard InChI is InChI=1S/C17H24N2O3S/c1-3-18(2)17(20)16-9-12-19(13-10-16)23(21,22)14-11-15-7-5-4-6-8-15/h4-8,11,14,16H,3,9-10,12-13H2,1-2H3/b14-11+. The Kier molecular flexibility index (Phi) is 5.96. The topological polar surface area (TPSA) is 57.7 Å². The van der Waals surface area contributed by atoms with Gasteiger partial charge >= 0.3 is 0 Å². The molecule has 1 aliphatic rings. The van der Waals surface area contributed by atoms with E-state index >= 15 is 0 Å². The molecule has 6 heteroatoms. The predicted molar refractivity (Wildman–Crippen MR) is 92.0 cm³/mol. The summed E-state index contributed by atoms with van der Waals surface area (Å²) in [7, 11) is -1.64. The number of carbonyl (C=O) groups excluding carboxylic acids is 1. The second-order valence-corrected chi connectivity index (χ2v) is 7.60. The fourth-order valence-corrected chi connectivity index (χ4v) is 3.86. The van der Waals surface area contributed by atoms with Gasteiger partial charge in [0.1, 0.15) is 0 Å². The van der Waals surface area contributed by atoms with Gasteiger partial charge in [-0.1, -0.05) is 30.3 Å². The molecule has 126 valence electrons. The quantitative estimate of drug-likeness (QED) is 0.828. The average molecular weight is 336 g/mol. The highest BCUT2D eigenvalue weighted by Gasteiger charge is 2.30. The maximum atomic E-state index is 12.4. The van der Waals surface area contributed by atoms with E-state index in [4.69, 9.17) is 0 Å². The Bertz CT molecular complexity index is 648. The Morgan fingerprint density at radius 2 is 1.87 bits per heavy atom. The van der Waals surface area contributed by atoms with E-state index in [0.29, 0.717) is 32.5 Å². The van der Waals surface area contributed by atoms with Crippen LogP contribution in [0.2, 0.25) is 0 Å². The van der Waals surface area contributed by atoms with Crippen molar-refractivity contribution in [3.05, 3.63) is 41.3 Å². The van der Waals surface area contributed by atoms with Crippen LogP contribution in [0.4, 0.5) is 0 Å². The van der Waals surface area contributed by atoms with Crippen molar-refractivity contribution in [2.75, 3.05) is 26.7 Å². The van der Waals surface area contributed by atoms with Crippen LogP contribution in [0.3, 0.4) is 0 Å². The number of hydrogen-bond acceptors (Lipinski definition) is 3. The molecular formula is C17H24N2O3S. The largest absolute Gasteiger partial charge is 0.346 e. The van der Waals surface area contributed by atoms with Crippen LogP contribution in [0, 0.1) is 5.92 Å². The molecule has 2 rings (SSSR count). The van der Waals surface area contributed by atoms with Crippen LogP contribution in [-0.2, 0) is 14.8 Å². The summed E-state index contributed by atoms with van der Waals surface area (Å²) >= 11 is 0. The lowest BCUT2D eigenvalue weighted by molar-refractivity contribution is -0.135. The predicted octanol–water partition coefficient (Wildman–Crippen LogP) is 2.18. The van der Waals surface area contributed by atoms with E-state index in [1.807, 2.05) is 37.3 Å². The summed E-state index contributed by atoms with van der Waals surface area (Å²) in [6, 6.07) is 9.34. The molecule has 0 aliphatic carbocycles. The summed E-state index contributed by atoms with van der Waals surface area (Å²) in [6.07, 6.45) is 2.78. The number of carbonyl (C=O) groups is 1. The first-order chi connectivity index (χ1) is 10.9. The molecule has 0 aromatic heterocycles. The fraction of sp³-hybridized carbons (Fsp3) is 0.471. The van der Waals surface area contributed by atoms with Crippen LogP contribution in [0.25, 0.3) is 6.08 Å². The van der Waals surface area contributed by atoms with Crippen molar-refractivity contribution in [3.63, 3.8) is 0 Å². The van der Waals surface area contributed by atoms with Crippen molar-refractivity contribution in [3.8, 4) is 0 Å². The Morgan fingerprint density at radius 3 is 2.43 bits per heavy atom. The van der Waals surface area contributed by atoms with E-state index in [2.05, 4.69) is 0 Å². The fourth-order valence-electron chi connectivity index (χ4n) is 2.64. The van der Waals surface area contributed by atoms with Crippen LogP contribution >= 0.6 is 0 Å². The van der Waals surface area contributed by atoms with Gasteiger partial charge in [-0.25, -0.2) is 8.42 Å². The normalized spacial score (nSPS) is 17.5. The zero-order valence-corrected chi connectivity index (χ0v) is 14.5. The summed E-state index contributed by atoms with van der Waals surface area (Å²) in [5.41, 5.74) is 0.853.